The molecule has 112 valence electrons. The van der Waals surface area contributed by atoms with E-state index in [4.69, 9.17) is 4.42 Å². The highest BCUT2D eigenvalue weighted by molar-refractivity contribution is 9.10. The van der Waals surface area contributed by atoms with Crippen LogP contribution < -0.4 is 5.32 Å². The van der Waals surface area contributed by atoms with Crippen molar-refractivity contribution in [2.45, 2.75) is 6.04 Å². The van der Waals surface area contributed by atoms with Gasteiger partial charge in [-0.05, 0) is 24.3 Å². The zero-order valence-corrected chi connectivity index (χ0v) is 12.9. The zero-order chi connectivity index (χ0) is 14.8. The molecule has 0 bridgehead atoms. The summed E-state index contributed by atoms with van der Waals surface area (Å²) in [5.74, 6) is -0.583. The number of rotatable bonds is 3. The second-order valence-electron chi connectivity index (χ2n) is 4.99. The maximum Gasteiger partial charge on any atom is 0.132 e. The Morgan fingerprint density at radius 3 is 2.43 bits per heavy atom. The number of nitrogens with zero attached hydrogens (tertiary/aromatic N) is 1. The summed E-state index contributed by atoms with van der Waals surface area (Å²) in [5, 5.41) is 3.24. The summed E-state index contributed by atoms with van der Waals surface area (Å²) in [7, 11) is 0. The van der Waals surface area contributed by atoms with Crippen molar-refractivity contribution >= 4 is 15.9 Å². The first-order valence-corrected chi connectivity index (χ1v) is 7.58. The fraction of sp³-hybridized carbons (Fsp3) is 0.333. The molecule has 3 rings (SSSR count). The van der Waals surface area contributed by atoms with Crippen molar-refractivity contribution < 1.29 is 13.2 Å². The molecule has 1 aliphatic heterocycles. The molecule has 21 heavy (non-hydrogen) atoms. The van der Waals surface area contributed by atoms with Crippen molar-refractivity contribution in [3.8, 4) is 0 Å². The maximum absolute atomic E-state index is 14.4. The predicted molar refractivity (Wildman–Crippen MR) is 79.1 cm³/mol. The molecule has 0 radical (unpaired) electrons. The Hall–Kier alpha value is -1.24. The van der Waals surface area contributed by atoms with E-state index < -0.39 is 17.7 Å². The Balaban J connectivity index is 2.07. The first-order valence-electron chi connectivity index (χ1n) is 6.79. The van der Waals surface area contributed by atoms with Gasteiger partial charge in [-0.1, -0.05) is 15.9 Å². The quantitative estimate of drug-likeness (QED) is 0.914. The van der Waals surface area contributed by atoms with Gasteiger partial charge in [0.2, 0.25) is 0 Å². The van der Waals surface area contributed by atoms with E-state index in [1.807, 2.05) is 4.90 Å². The maximum atomic E-state index is 14.4. The fourth-order valence-electron chi connectivity index (χ4n) is 2.71. The topological polar surface area (TPSA) is 28.4 Å². The predicted octanol–water partition coefficient (Wildman–Crippen LogP) is 3.31. The number of hydrogen-bond donors (Lipinski definition) is 1. The van der Waals surface area contributed by atoms with Gasteiger partial charge in [0.1, 0.15) is 17.4 Å². The van der Waals surface area contributed by atoms with E-state index >= 15 is 0 Å². The van der Waals surface area contributed by atoms with Crippen LogP contribution >= 0.6 is 15.9 Å². The molecule has 1 fully saturated rings. The largest absolute Gasteiger partial charge is 0.467 e. The van der Waals surface area contributed by atoms with E-state index in [0.29, 0.717) is 23.3 Å². The van der Waals surface area contributed by atoms with Gasteiger partial charge in [-0.2, -0.15) is 0 Å². The van der Waals surface area contributed by atoms with E-state index in [0.717, 1.165) is 13.1 Å². The molecule has 1 aromatic carbocycles. The van der Waals surface area contributed by atoms with Gasteiger partial charge in [-0.3, -0.25) is 4.90 Å². The summed E-state index contributed by atoms with van der Waals surface area (Å²) in [4.78, 5) is 2.03. The number of furan rings is 1. The number of hydrogen-bond acceptors (Lipinski definition) is 3. The van der Waals surface area contributed by atoms with Crippen molar-refractivity contribution in [3.05, 3.63) is 58.0 Å². The van der Waals surface area contributed by atoms with Gasteiger partial charge in [0, 0.05) is 36.2 Å². The first-order chi connectivity index (χ1) is 10.2. The smallest absolute Gasteiger partial charge is 0.132 e. The van der Waals surface area contributed by atoms with Crippen molar-refractivity contribution in [1.82, 2.24) is 10.2 Å². The van der Waals surface area contributed by atoms with Crippen LogP contribution in [0.2, 0.25) is 0 Å². The highest BCUT2D eigenvalue weighted by Gasteiger charge is 2.31. The van der Waals surface area contributed by atoms with Crippen LogP contribution in [-0.4, -0.2) is 31.1 Å². The Labute approximate surface area is 130 Å². The average Bonchev–Trinajstić information content (AvgIpc) is 2.97. The van der Waals surface area contributed by atoms with Crippen LogP contribution in [0.4, 0.5) is 8.78 Å². The summed E-state index contributed by atoms with van der Waals surface area (Å²) in [6.07, 6.45) is 1.53. The molecular formula is C15H15BrF2N2O. The van der Waals surface area contributed by atoms with Crippen molar-refractivity contribution in [2.24, 2.45) is 0 Å². The van der Waals surface area contributed by atoms with Crippen LogP contribution in [-0.2, 0) is 0 Å². The third kappa shape index (κ3) is 3.02. The molecule has 1 aliphatic rings. The standard InChI is InChI=1S/C15H15BrF2N2O/c16-10-8-11(17)14(12(18)9-10)15(13-2-1-7-21-13)20-5-3-19-4-6-20/h1-2,7-9,15,19H,3-6H2/t15-/m1/s1. The number of piperazine rings is 1. The SMILES string of the molecule is Fc1cc(Br)cc(F)c1[C@@H](c1ccco1)N1CCNCC1. The minimum Gasteiger partial charge on any atom is -0.467 e. The van der Waals surface area contributed by atoms with Crippen molar-refractivity contribution in [2.75, 3.05) is 26.2 Å². The molecule has 1 atom stereocenters. The minimum absolute atomic E-state index is 0.0371. The van der Waals surface area contributed by atoms with Gasteiger partial charge >= 0.3 is 0 Å². The molecule has 1 saturated heterocycles. The van der Waals surface area contributed by atoms with Crippen molar-refractivity contribution in [3.63, 3.8) is 0 Å². The van der Waals surface area contributed by atoms with Gasteiger partial charge in [0.25, 0.3) is 0 Å². The normalized spacial score (nSPS) is 17.9. The first kappa shape index (κ1) is 14.7. The number of benzene rings is 1. The van der Waals surface area contributed by atoms with E-state index in [-0.39, 0.29) is 5.56 Å². The van der Waals surface area contributed by atoms with Gasteiger partial charge in [0.05, 0.1) is 12.3 Å². The zero-order valence-electron chi connectivity index (χ0n) is 11.3. The van der Waals surface area contributed by atoms with Crippen LogP contribution in [0.3, 0.4) is 0 Å². The molecule has 0 spiro atoms. The van der Waals surface area contributed by atoms with E-state index in [9.17, 15) is 8.78 Å². The molecule has 2 aromatic rings. The van der Waals surface area contributed by atoms with Crippen LogP contribution in [0, 0.1) is 11.6 Å². The number of halogens is 3. The molecular weight excluding hydrogens is 342 g/mol. The summed E-state index contributed by atoms with van der Waals surface area (Å²) in [5.41, 5.74) is 0.0371. The Morgan fingerprint density at radius 2 is 1.86 bits per heavy atom. The summed E-state index contributed by atoms with van der Waals surface area (Å²) < 4.78 is 34.5. The van der Waals surface area contributed by atoms with Crippen LogP contribution in [0.1, 0.15) is 17.4 Å². The second-order valence-corrected chi connectivity index (χ2v) is 5.90. The lowest BCUT2D eigenvalue weighted by Gasteiger charge is -2.34. The highest BCUT2D eigenvalue weighted by Crippen LogP contribution is 2.34. The van der Waals surface area contributed by atoms with Crippen molar-refractivity contribution in [1.29, 1.82) is 0 Å². The molecule has 0 aliphatic carbocycles. The van der Waals surface area contributed by atoms with Gasteiger partial charge in [-0.15, -0.1) is 0 Å². The monoisotopic (exact) mass is 356 g/mol. The van der Waals surface area contributed by atoms with Crippen LogP contribution in [0.25, 0.3) is 0 Å². The lowest BCUT2D eigenvalue weighted by Crippen LogP contribution is -2.45. The third-order valence-electron chi connectivity index (χ3n) is 3.65. The molecule has 3 nitrogen and oxygen atoms in total. The minimum atomic E-state index is -0.568. The Morgan fingerprint density at radius 1 is 1.19 bits per heavy atom. The number of nitrogens with one attached hydrogen (secondary N) is 1. The second kappa shape index (κ2) is 6.25. The van der Waals surface area contributed by atoms with Crippen LogP contribution in [0.5, 0.6) is 0 Å². The summed E-state index contributed by atoms with van der Waals surface area (Å²) in [6, 6.07) is 5.52. The molecule has 2 heterocycles. The third-order valence-corrected chi connectivity index (χ3v) is 4.10. The molecule has 0 saturated carbocycles. The summed E-state index contributed by atoms with van der Waals surface area (Å²) in [6.45, 7) is 2.99. The molecule has 0 amide bonds. The Bertz CT molecular complexity index is 589. The lowest BCUT2D eigenvalue weighted by molar-refractivity contribution is 0.173. The van der Waals surface area contributed by atoms with Gasteiger partial charge < -0.3 is 9.73 Å². The van der Waals surface area contributed by atoms with Gasteiger partial charge in [0.15, 0.2) is 0 Å². The van der Waals surface area contributed by atoms with E-state index in [1.165, 1.54) is 18.4 Å². The van der Waals surface area contributed by atoms with Crippen LogP contribution in [0.15, 0.2) is 39.4 Å². The molecule has 1 N–H and O–H groups in total. The molecule has 0 unspecified atom stereocenters. The average molecular weight is 357 g/mol. The molecule has 1 aromatic heterocycles. The van der Waals surface area contributed by atoms with E-state index in [2.05, 4.69) is 21.2 Å². The molecule has 6 heteroatoms. The van der Waals surface area contributed by atoms with Gasteiger partial charge in [-0.25, -0.2) is 8.78 Å². The highest BCUT2D eigenvalue weighted by atomic mass is 79.9. The fourth-order valence-corrected chi connectivity index (χ4v) is 3.11. The lowest BCUT2D eigenvalue weighted by atomic mass is 10.0. The van der Waals surface area contributed by atoms with E-state index in [1.54, 1.807) is 12.1 Å². The summed E-state index contributed by atoms with van der Waals surface area (Å²) >= 11 is 3.11. The Kier molecular flexibility index (Phi) is 4.37.